The van der Waals surface area contributed by atoms with Crippen LogP contribution in [0.5, 0.6) is 0 Å². The number of nitrogens with zero attached hydrogens (tertiary/aromatic N) is 1. The first-order chi connectivity index (χ1) is 7.25. The maximum Gasteiger partial charge on any atom is 0.294 e. The quantitative estimate of drug-likeness (QED) is 0.867. The lowest BCUT2D eigenvalue weighted by molar-refractivity contribution is 0.0988. The molecule has 4 nitrogen and oxygen atoms in total. The van der Waals surface area contributed by atoms with E-state index in [0.717, 1.165) is 9.26 Å². The molecule has 1 aromatic heterocycles. The van der Waals surface area contributed by atoms with E-state index < -0.39 is 0 Å². The summed E-state index contributed by atoms with van der Waals surface area (Å²) in [4.78, 5) is 11.5. The average molecular weight is 314 g/mol. The Labute approximate surface area is 99.8 Å². The highest BCUT2D eigenvalue weighted by molar-refractivity contribution is 14.1. The zero-order chi connectivity index (χ0) is 10.7. The molecule has 0 saturated carbocycles. The summed E-state index contributed by atoms with van der Waals surface area (Å²) in [6.45, 7) is 0. The van der Waals surface area contributed by atoms with Gasteiger partial charge in [-0.2, -0.15) is 0 Å². The minimum Gasteiger partial charge on any atom is -0.351 e. The first-order valence-corrected chi connectivity index (χ1v) is 5.31. The van der Waals surface area contributed by atoms with Crippen molar-refractivity contribution < 1.29 is 9.32 Å². The van der Waals surface area contributed by atoms with Gasteiger partial charge in [0.15, 0.2) is 0 Å². The van der Waals surface area contributed by atoms with E-state index in [9.17, 15) is 4.79 Å². The van der Waals surface area contributed by atoms with E-state index in [1.54, 1.807) is 0 Å². The normalized spacial score (nSPS) is 9.93. The maximum absolute atomic E-state index is 11.5. The lowest BCUT2D eigenvalue weighted by atomic mass is 10.3. The molecule has 0 saturated heterocycles. The second kappa shape index (κ2) is 4.43. The minimum atomic E-state index is -0.297. The third-order valence-corrected chi connectivity index (χ3v) is 2.48. The van der Waals surface area contributed by atoms with Crippen LogP contribution in [0.1, 0.15) is 10.6 Å². The van der Waals surface area contributed by atoms with Crippen molar-refractivity contribution >= 4 is 34.2 Å². The lowest BCUT2D eigenvalue weighted by Gasteiger charge is -2.01. The number of aromatic nitrogens is 1. The van der Waals surface area contributed by atoms with Gasteiger partial charge in [-0.1, -0.05) is 5.16 Å². The fourth-order valence-corrected chi connectivity index (χ4v) is 1.42. The van der Waals surface area contributed by atoms with E-state index in [1.165, 1.54) is 12.3 Å². The van der Waals surface area contributed by atoms with Gasteiger partial charge in [0, 0.05) is 15.3 Å². The predicted octanol–water partition coefficient (Wildman–Crippen LogP) is 2.53. The molecule has 1 N–H and O–H groups in total. The molecule has 0 bridgehead atoms. The molecule has 0 spiro atoms. The molecular weight excluding hydrogens is 307 g/mol. The molecular formula is C10H7IN2O2. The summed E-state index contributed by atoms with van der Waals surface area (Å²) < 4.78 is 5.84. The number of carbonyl (C=O) groups is 1. The Kier molecular flexibility index (Phi) is 3.00. The molecule has 2 rings (SSSR count). The fraction of sp³-hybridized carbons (Fsp3) is 0. The van der Waals surface area contributed by atoms with E-state index in [4.69, 9.17) is 4.52 Å². The number of anilines is 1. The number of hydrogen-bond acceptors (Lipinski definition) is 3. The molecule has 0 aliphatic carbocycles. The van der Waals surface area contributed by atoms with Gasteiger partial charge in [0.05, 0.1) is 6.20 Å². The Morgan fingerprint density at radius 3 is 2.60 bits per heavy atom. The highest BCUT2D eigenvalue weighted by Gasteiger charge is 2.09. The highest BCUT2D eigenvalue weighted by Crippen LogP contribution is 2.12. The van der Waals surface area contributed by atoms with Gasteiger partial charge in [-0.05, 0) is 46.9 Å². The van der Waals surface area contributed by atoms with Crippen molar-refractivity contribution in [3.05, 3.63) is 45.9 Å². The zero-order valence-electron chi connectivity index (χ0n) is 7.61. The Morgan fingerprint density at radius 1 is 1.27 bits per heavy atom. The second-order valence-corrected chi connectivity index (χ2v) is 4.08. The van der Waals surface area contributed by atoms with Crippen LogP contribution in [0.3, 0.4) is 0 Å². The van der Waals surface area contributed by atoms with Gasteiger partial charge >= 0.3 is 0 Å². The van der Waals surface area contributed by atoms with E-state index >= 15 is 0 Å². The van der Waals surface area contributed by atoms with E-state index in [0.29, 0.717) is 0 Å². The number of hydrogen-bond donors (Lipinski definition) is 1. The van der Waals surface area contributed by atoms with Crippen LogP contribution in [0.25, 0.3) is 0 Å². The predicted molar refractivity (Wildman–Crippen MR) is 63.6 cm³/mol. The molecule has 0 unspecified atom stereocenters. The smallest absolute Gasteiger partial charge is 0.294 e. The van der Waals surface area contributed by atoms with Gasteiger partial charge in [-0.3, -0.25) is 4.79 Å². The maximum atomic E-state index is 11.5. The number of rotatable bonds is 2. The number of nitrogens with one attached hydrogen (secondary N) is 1. The number of carbonyl (C=O) groups excluding carboxylic acids is 1. The van der Waals surface area contributed by atoms with Gasteiger partial charge in [-0.25, -0.2) is 0 Å². The molecule has 0 fully saturated rings. The second-order valence-electron chi connectivity index (χ2n) is 2.84. The summed E-state index contributed by atoms with van der Waals surface area (Å²) in [5.74, 6) is -0.0951. The van der Waals surface area contributed by atoms with Crippen molar-refractivity contribution in [3.63, 3.8) is 0 Å². The molecule has 1 aromatic carbocycles. The summed E-state index contributed by atoms with van der Waals surface area (Å²) in [7, 11) is 0. The topological polar surface area (TPSA) is 55.1 Å². The largest absolute Gasteiger partial charge is 0.351 e. The van der Waals surface area contributed by atoms with Crippen LogP contribution < -0.4 is 5.32 Å². The standard InChI is InChI=1S/C10H7IN2O2/c11-7-1-3-8(4-2-7)13-10(14)9-5-6-12-15-9/h1-6H,(H,13,14). The Balaban J connectivity index is 2.09. The Hall–Kier alpha value is -1.37. The molecule has 76 valence electrons. The summed E-state index contributed by atoms with van der Waals surface area (Å²) >= 11 is 2.20. The van der Waals surface area contributed by atoms with Crippen LogP contribution in [-0.4, -0.2) is 11.1 Å². The first kappa shape index (κ1) is 10.2. The number of benzene rings is 1. The molecule has 0 aliphatic rings. The van der Waals surface area contributed by atoms with E-state index in [2.05, 4.69) is 33.1 Å². The molecule has 1 heterocycles. The third kappa shape index (κ3) is 2.56. The molecule has 2 aromatic rings. The molecule has 1 amide bonds. The average Bonchev–Trinajstić information content (AvgIpc) is 2.74. The number of amides is 1. The Morgan fingerprint density at radius 2 is 2.00 bits per heavy atom. The first-order valence-electron chi connectivity index (χ1n) is 4.23. The highest BCUT2D eigenvalue weighted by atomic mass is 127. The van der Waals surface area contributed by atoms with Crippen LogP contribution in [-0.2, 0) is 0 Å². The number of halogens is 1. The van der Waals surface area contributed by atoms with E-state index in [-0.39, 0.29) is 11.7 Å². The molecule has 0 atom stereocenters. The van der Waals surface area contributed by atoms with E-state index in [1.807, 2.05) is 24.3 Å². The summed E-state index contributed by atoms with van der Waals surface area (Å²) in [6.07, 6.45) is 1.43. The molecule has 0 aliphatic heterocycles. The minimum absolute atomic E-state index is 0.202. The van der Waals surface area contributed by atoms with Crippen LogP contribution in [0.4, 0.5) is 5.69 Å². The SMILES string of the molecule is O=C(Nc1ccc(I)cc1)c1ccno1. The summed E-state index contributed by atoms with van der Waals surface area (Å²) in [6, 6.07) is 9.00. The van der Waals surface area contributed by atoms with Crippen molar-refractivity contribution in [1.29, 1.82) is 0 Å². The van der Waals surface area contributed by atoms with Crippen molar-refractivity contribution in [2.75, 3.05) is 5.32 Å². The fourth-order valence-electron chi connectivity index (χ4n) is 1.06. The van der Waals surface area contributed by atoms with Gasteiger partial charge < -0.3 is 9.84 Å². The van der Waals surface area contributed by atoms with Gasteiger partial charge in [0.25, 0.3) is 5.91 Å². The van der Waals surface area contributed by atoms with Crippen LogP contribution >= 0.6 is 22.6 Å². The van der Waals surface area contributed by atoms with Crippen molar-refractivity contribution in [3.8, 4) is 0 Å². The Bertz CT molecular complexity index is 451. The van der Waals surface area contributed by atoms with Crippen molar-refractivity contribution in [2.24, 2.45) is 0 Å². The molecule has 15 heavy (non-hydrogen) atoms. The monoisotopic (exact) mass is 314 g/mol. The molecule has 0 radical (unpaired) electrons. The van der Waals surface area contributed by atoms with Crippen LogP contribution in [0.15, 0.2) is 41.1 Å². The van der Waals surface area contributed by atoms with Gasteiger partial charge in [-0.15, -0.1) is 0 Å². The van der Waals surface area contributed by atoms with Gasteiger partial charge in [0.1, 0.15) is 0 Å². The zero-order valence-corrected chi connectivity index (χ0v) is 9.76. The van der Waals surface area contributed by atoms with Crippen molar-refractivity contribution in [1.82, 2.24) is 5.16 Å². The van der Waals surface area contributed by atoms with Gasteiger partial charge in [0.2, 0.25) is 5.76 Å². The lowest BCUT2D eigenvalue weighted by Crippen LogP contribution is -2.10. The summed E-state index contributed by atoms with van der Waals surface area (Å²) in [5.41, 5.74) is 0.733. The summed E-state index contributed by atoms with van der Waals surface area (Å²) in [5, 5.41) is 6.16. The van der Waals surface area contributed by atoms with Crippen molar-refractivity contribution in [2.45, 2.75) is 0 Å². The van der Waals surface area contributed by atoms with Crippen LogP contribution in [0.2, 0.25) is 0 Å². The third-order valence-electron chi connectivity index (χ3n) is 1.76. The molecule has 5 heteroatoms. The van der Waals surface area contributed by atoms with Crippen LogP contribution in [0, 0.1) is 3.57 Å².